The first-order chi connectivity index (χ1) is 13.4. The number of imide groups is 1. The summed E-state index contributed by atoms with van der Waals surface area (Å²) in [5.74, 6) is -1.09. The lowest BCUT2D eigenvalue weighted by molar-refractivity contribution is -0.895. The number of carbonyl (C=O) groups is 4. The molecule has 2 aliphatic heterocycles. The zero-order chi connectivity index (χ0) is 20.1. The Morgan fingerprint density at radius 1 is 1.25 bits per heavy atom. The second-order valence-corrected chi connectivity index (χ2v) is 6.92. The van der Waals surface area contributed by atoms with E-state index in [1.165, 1.54) is 18.2 Å². The van der Waals surface area contributed by atoms with Gasteiger partial charge in [-0.05, 0) is 24.6 Å². The SMILES string of the molecule is O=C(C[NH+]1CCN(C(=O)CC[C@@H]2NC(=O)NC2=O)CC1)Nc1cccc(F)c1. The number of halogens is 1. The molecule has 4 N–H and O–H groups in total. The summed E-state index contributed by atoms with van der Waals surface area (Å²) >= 11 is 0. The Kier molecular flexibility index (Phi) is 6.19. The van der Waals surface area contributed by atoms with Gasteiger partial charge in [-0.25, -0.2) is 9.18 Å². The number of piperazine rings is 1. The van der Waals surface area contributed by atoms with Gasteiger partial charge in [-0.15, -0.1) is 0 Å². The first-order valence-electron chi connectivity index (χ1n) is 9.19. The Bertz CT molecular complexity index is 779. The summed E-state index contributed by atoms with van der Waals surface area (Å²) in [5, 5.41) is 7.28. The van der Waals surface area contributed by atoms with Gasteiger partial charge in [0.1, 0.15) is 11.9 Å². The standard InChI is InChI=1S/C18H22FN5O4/c19-12-2-1-3-13(10-12)20-15(25)11-23-6-8-24(9-7-23)16(26)5-4-14-17(27)22-18(28)21-14/h1-3,10,14H,4-9,11H2,(H,20,25)(H2,21,22,27,28)/p+1/t14-/m0/s1. The minimum absolute atomic E-state index is 0.0720. The molecule has 9 nitrogen and oxygen atoms in total. The van der Waals surface area contributed by atoms with E-state index in [1.54, 1.807) is 11.0 Å². The van der Waals surface area contributed by atoms with Crippen LogP contribution in [0.1, 0.15) is 12.8 Å². The summed E-state index contributed by atoms with van der Waals surface area (Å²) < 4.78 is 13.2. The second-order valence-electron chi connectivity index (χ2n) is 6.92. The Balaban J connectivity index is 1.38. The number of nitrogens with one attached hydrogen (secondary N) is 4. The fraction of sp³-hybridized carbons (Fsp3) is 0.444. The van der Waals surface area contributed by atoms with Crippen LogP contribution in [0.15, 0.2) is 24.3 Å². The van der Waals surface area contributed by atoms with Gasteiger partial charge in [0.05, 0.1) is 26.2 Å². The van der Waals surface area contributed by atoms with Crippen molar-refractivity contribution in [3.63, 3.8) is 0 Å². The zero-order valence-corrected chi connectivity index (χ0v) is 15.3. The molecule has 2 heterocycles. The van der Waals surface area contributed by atoms with Crippen LogP contribution < -0.4 is 20.9 Å². The van der Waals surface area contributed by atoms with E-state index in [2.05, 4.69) is 16.0 Å². The number of nitrogens with zero attached hydrogens (tertiary/aromatic N) is 1. The number of amides is 5. The van der Waals surface area contributed by atoms with Crippen molar-refractivity contribution in [2.24, 2.45) is 0 Å². The maximum atomic E-state index is 13.2. The second kappa shape index (κ2) is 8.79. The average Bonchev–Trinajstić information content (AvgIpc) is 2.97. The molecule has 28 heavy (non-hydrogen) atoms. The zero-order valence-electron chi connectivity index (χ0n) is 15.3. The fourth-order valence-corrected chi connectivity index (χ4v) is 3.34. The van der Waals surface area contributed by atoms with Crippen molar-refractivity contribution < 1.29 is 28.5 Å². The third-order valence-electron chi connectivity index (χ3n) is 4.85. The highest BCUT2D eigenvalue weighted by molar-refractivity contribution is 6.04. The highest BCUT2D eigenvalue weighted by Gasteiger charge is 2.31. The van der Waals surface area contributed by atoms with Crippen LogP contribution in [0.25, 0.3) is 0 Å². The number of quaternary nitrogens is 1. The maximum Gasteiger partial charge on any atom is 0.322 e. The van der Waals surface area contributed by atoms with Gasteiger partial charge in [0.15, 0.2) is 6.54 Å². The van der Waals surface area contributed by atoms with Crippen LogP contribution in [-0.4, -0.2) is 67.4 Å². The molecular weight excluding hydrogens is 369 g/mol. The molecule has 3 rings (SSSR count). The normalized spacial score (nSPS) is 19.9. The summed E-state index contributed by atoms with van der Waals surface area (Å²) in [6, 6.07) is 4.54. The van der Waals surface area contributed by atoms with Crippen LogP contribution in [-0.2, 0) is 14.4 Å². The molecule has 0 bridgehead atoms. The largest absolute Gasteiger partial charge is 0.331 e. The van der Waals surface area contributed by atoms with Crippen molar-refractivity contribution in [3.8, 4) is 0 Å². The van der Waals surface area contributed by atoms with Crippen LogP contribution in [0, 0.1) is 5.82 Å². The lowest BCUT2D eigenvalue weighted by Gasteiger charge is -2.32. The number of rotatable bonds is 6. The number of benzene rings is 1. The smallest absolute Gasteiger partial charge is 0.322 e. The van der Waals surface area contributed by atoms with E-state index in [0.29, 0.717) is 31.9 Å². The summed E-state index contributed by atoms with van der Waals surface area (Å²) in [6.45, 7) is 2.54. The molecule has 0 aromatic heterocycles. The van der Waals surface area contributed by atoms with Crippen LogP contribution in [0.2, 0.25) is 0 Å². The van der Waals surface area contributed by atoms with Gasteiger partial charge < -0.3 is 20.4 Å². The summed E-state index contributed by atoms with van der Waals surface area (Å²) in [7, 11) is 0. The number of urea groups is 1. The molecule has 0 radical (unpaired) electrons. The van der Waals surface area contributed by atoms with Gasteiger partial charge in [0, 0.05) is 12.1 Å². The van der Waals surface area contributed by atoms with Crippen LogP contribution >= 0.6 is 0 Å². The number of hydrogen-bond acceptors (Lipinski definition) is 4. The Morgan fingerprint density at radius 2 is 2.00 bits per heavy atom. The van der Waals surface area contributed by atoms with Gasteiger partial charge in [-0.3, -0.25) is 19.7 Å². The molecular formula is C18H23FN5O4+. The topological polar surface area (TPSA) is 112 Å². The van der Waals surface area contributed by atoms with Gasteiger partial charge in [0.25, 0.3) is 11.8 Å². The Labute approximate surface area is 161 Å². The molecule has 150 valence electrons. The van der Waals surface area contributed by atoms with E-state index in [-0.39, 0.29) is 31.2 Å². The number of anilines is 1. The summed E-state index contributed by atoms with van der Waals surface area (Å²) in [6.07, 6.45) is 0.438. The fourth-order valence-electron chi connectivity index (χ4n) is 3.34. The van der Waals surface area contributed by atoms with Gasteiger partial charge in [-0.1, -0.05) is 6.07 Å². The van der Waals surface area contributed by atoms with Gasteiger partial charge >= 0.3 is 6.03 Å². The first kappa shape index (κ1) is 19.7. The number of carbonyl (C=O) groups excluding carboxylic acids is 4. The van der Waals surface area contributed by atoms with Crippen LogP contribution in [0.3, 0.4) is 0 Å². The molecule has 0 unspecified atom stereocenters. The summed E-state index contributed by atoms with van der Waals surface area (Å²) in [5.41, 5.74) is 0.418. The molecule has 0 spiro atoms. The average molecular weight is 392 g/mol. The van der Waals surface area contributed by atoms with Crippen molar-refractivity contribution in [3.05, 3.63) is 30.1 Å². The van der Waals surface area contributed by atoms with Gasteiger partial charge in [0.2, 0.25) is 5.91 Å². The molecule has 2 fully saturated rings. The van der Waals surface area contributed by atoms with Crippen molar-refractivity contribution in [1.29, 1.82) is 0 Å². The molecule has 5 amide bonds. The molecule has 0 aliphatic carbocycles. The Morgan fingerprint density at radius 3 is 2.64 bits per heavy atom. The highest BCUT2D eigenvalue weighted by Crippen LogP contribution is 2.08. The van der Waals surface area contributed by atoms with E-state index in [1.807, 2.05) is 0 Å². The third-order valence-corrected chi connectivity index (χ3v) is 4.85. The molecule has 1 aromatic rings. The monoisotopic (exact) mass is 392 g/mol. The van der Waals surface area contributed by atoms with E-state index in [4.69, 9.17) is 0 Å². The molecule has 10 heteroatoms. The molecule has 2 aliphatic rings. The minimum Gasteiger partial charge on any atom is -0.331 e. The molecule has 1 aromatic carbocycles. The van der Waals surface area contributed by atoms with E-state index < -0.39 is 23.8 Å². The van der Waals surface area contributed by atoms with E-state index in [0.717, 1.165) is 4.90 Å². The summed E-state index contributed by atoms with van der Waals surface area (Å²) in [4.78, 5) is 49.7. The van der Waals surface area contributed by atoms with Crippen molar-refractivity contribution in [2.75, 3.05) is 38.0 Å². The minimum atomic E-state index is -0.658. The lowest BCUT2D eigenvalue weighted by atomic mass is 10.1. The van der Waals surface area contributed by atoms with E-state index >= 15 is 0 Å². The first-order valence-corrected chi connectivity index (χ1v) is 9.19. The van der Waals surface area contributed by atoms with Gasteiger partial charge in [-0.2, -0.15) is 0 Å². The molecule has 2 saturated heterocycles. The van der Waals surface area contributed by atoms with Crippen molar-refractivity contribution in [1.82, 2.24) is 15.5 Å². The van der Waals surface area contributed by atoms with Crippen molar-refractivity contribution >= 4 is 29.4 Å². The van der Waals surface area contributed by atoms with Crippen LogP contribution in [0.5, 0.6) is 0 Å². The van der Waals surface area contributed by atoms with E-state index in [9.17, 15) is 23.6 Å². The quantitative estimate of drug-likeness (QED) is 0.441. The predicted octanol–water partition coefficient (Wildman–Crippen LogP) is -1.52. The third kappa shape index (κ3) is 5.26. The molecule has 0 saturated carbocycles. The number of hydrogen-bond donors (Lipinski definition) is 4. The predicted molar refractivity (Wildman–Crippen MR) is 96.9 cm³/mol. The lowest BCUT2D eigenvalue weighted by Crippen LogP contribution is -3.15. The van der Waals surface area contributed by atoms with Crippen LogP contribution in [0.4, 0.5) is 14.9 Å². The Hall–Kier alpha value is -3.01. The molecule has 1 atom stereocenters. The highest BCUT2D eigenvalue weighted by atomic mass is 19.1. The maximum absolute atomic E-state index is 13.2. The van der Waals surface area contributed by atoms with Crippen molar-refractivity contribution in [2.45, 2.75) is 18.9 Å².